The number of nitrogens with one attached hydrogen (secondary N) is 2. The summed E-state index contributed by atoms with van der Waals surface area (Å²) < 4.78 is 30.6. The zero-order chi connectivity index (χ0) is 25.9. The Morgan fingerprint density at radius 1 is 0.973 bits per heavy atom. The Balaban J connectivity index is 1.64. The normalized spacial score (nSPS) is 13.2. The van der Waals surface area contributed by atoms with E-state index in [1.807, 2.05) is 35.2 Å². The molecule has 1 aromatic heterocycles. The Labute approximate surface area is 219 Å². The summed E-state index contributed by atoms with van der Waals surface area (Å²) in [7, 11) is 4.82. The average molecular weight is 524 g/mol. The summed E-state index contributed by atoms with van der Waals surface area (Å²) in [6.45, 7) is 2.15. The molecule has 2 heterocycles. The van der Waals surface area contributed by atoms with Gasteiger partial charge in [-0.1, -0.05) is 17.7 Å². The molecule has 1 saturated heterocycles. The summed E-state index contributed by atoms with van der Waals surface area (Å²) in [5.41, 5.74) is 3.16. The standard InChI is InChI=1S/C27H27ClFN5O3/c1-35-24-7-4-16(8-26(24)37-3)14-34(18-5-6-21(29)20(28)9-18)27-19-10-23(33-17-12-30-13-17)25(36-2)11-22(19)31-15-32-27/h4-11,15,17,30,33H,12-14H2,1-3H3. The number of nitrogens with zero attached hydrogens (tertiary/aromatic N) is 3. The number of benzene rings is 3. The van der Waals surface area contributed by atoms with Gasteiger partial charge < -0.3 is 29.7 Å². The first kappa shape index (κ1) is 24.9. The predicted molar refractivity (Wildman–Crippen MR) is 143 cm³/mol. The lowest BCUT2D eigenvalue weighted by Gasteiger charge is -2.30. The number of anilines is 3. The van der Waals surface area contributed by atoms with Gasteiger partial charge in [-0.3, -0.25) is 0 Å². The summed E-state index contributed by atoms with van der Waals surface area (Å²) in [5.74, 6) is 2.08. The van der Waals surface area contributed by atoms with E-state index >= 15 is 0 Å². The molecule has 0 unspecified atom stereocenters. The molecule has 3 aromatic carbocycles. The number of rotatable bonds is 9. The summed E-state index contributed by atoms with van der Waals surface area (Å²) in [6, 6.07) is 14.5. The largest absolute Gasteiger partial charge is 0.495 e. The van der Waals surface area contributed by atoms with Crippen LogP contribution < -0.4 is 29.7 Å². The monoisotopic (exact) mass is 523 g/mol. The van der Waals surface area contributed by atoms with E-state index in [2.05, 4.69) is 20.6 Å². The fourth-order valence-corrected chi connectivity index (χ4v) is 4.46. The summed E-state index contributed by atoms with van der Waals surface area (Å²) in [4.78, 5) is 11.1. The van der Waals surface area contributed by atoms with Gasteiger partial charge in [0.1, 0.15) is 23.7 Å². The first-order chi connectivity index (χ1) is 18.0. The van der Waals surface area contributed by atoms with Crippen molar-refractivity contribution in [2.75, 3.05) is 44.6 Å². The Bertz CT molecular complexity index is 1430. The third-order valence-corrected chi connectivity index (χ3v) is 6.63. The van der Waals surface area contributed by atoms with Crippen LogP contribution in [0.1, 0.15) is 5.56 Å². The molecule has 0 amide bonds. The van der Waals surface area contributed by atoms with Crippen LogP contribution in [0.4, 0.5) is 21.6 Å². The number of fused-ring (bicyclic) bond motifs is 1. The van der Waals surface area contributed by atoms with Gasteiger partial charge in [0.25, 0.3) is 0 Å². The van der Waals surface area contributed by atoms with Crippen molar-refractivity contribution in [3.8, 4) is 17.2 Å². The highest BCUT2D eigenvalue weighted by molar-refractivity contribution is 6.31. The van der Waals surface area contributed by atoms with E-state index in [1.165, 1.54) is 12.4 Å². The van der Waals surface area contributed by atoms with Crippen LogP contribution in [0.15, 0.2) is 54.9 Å². The summed E-state index contributed by atoms with van der Waals surface area (Å²) in [5, 5.41) is 7.62. The quantitative estimate of drug-likeness (QED) is 0.311. The van der Waals surface area contributed by atoms with Crippen molar-refractivity contribution in [1.82, 2.24) is 15.3 Å². The Morgan fingerprint density at radius 2 is 1.76 bits per heavy atom. The lowest BCUT2D eigenvalue weighted by Crippen LogP contribution is -2.51. The molecule has 0 saturated carbocycles. The molecule has 1 aliphatic rings. The van der Waals surface area contributed by atoms with Gasteiger partial charge in [0.15, 0.2) is 11.5 Å². The lowest BCUT2D eigenvalue weighted by molar-refractivity contribution is 0.354. The minimum atomic E-state index is -0.491. The van der Waals surface area contributed by atoms with Crippen LogP contribution in [-0.4, -0.2) is 50.4 Å². The van der Waals surface area contributed by atoms with Crippen LogP contribution in [0.25, 0.3) is 10.9 Å². The highest BCUT2D eigenvalue weighted by Crippen LogP contribution is 2.38. The molecule has 10 heteroatoms. The van der Waals surface area contributed by atoms with Crippen molar-refractivity contribution < 1.29 is 18.6 Å². The molecular weight excluding hydrogens is 497 g/mol. The number of hydrogen-bond donors (Lipinski definition) is 2. The maximum atomic E-state index is 14.1. The lowest BCUT2D eigenvalue weighted by atomic mass is 10.1. The number of aromatic nitrogens is 2. The molecule has 5 rings (SSSR count). The first-order valence-electron chi connectivity index (χ1n) is 11.7. The first-order valence-corrected chi connectivity index (χ1v) is 12.1. The van der Waals surface area contributed by atoms with Crippen LogP contribution in [0.5, 0.6) is 17.2 Å². The van der Waals surface area contributed by atoms with Crippen LogP contribution >= 0.6 is 11.6 Å². The minimum Gasteiger partial charge on any atom is -0.495 e. The molecule has 192 valence electrons. The highest BCUT2D eigenvalue weighted by Gasteiger charge is 2.22. The molecule has 0 radical (unpaired) electrons. The topological polar surface area (TPSA) is 80.8 Å². The molecule has 0 spiro atoms. The minimum absolute atomic E-state index is 0.0229. The number of methoxy groups -OCH3 is 3. The third-order valence-electron chi connectivity index (χ3n) is 6.34. The van der Waals surface area contributed by atoms with Gasteiger partial charge in [-0.25, -0.2) is 14.4 Å². The van der Waals surface area contributed by atoms with Gasteiger partial charge in [0, 0.05) is 36.8 Å². The van der Waals surface area contributed by atoms with E-state index in [0.29, 0.717) is 46.9 Å². The molecule has 1 aliphatic heterocycles. The summed E-state index contributed by atoms with van der Waals surface area (Å²) >= 11 is 6.19. The van der Waals surface area contributed by atoms with Gasteiger partial charge in [-0.2, -0.15) is 0 Å². The van der Waals surface area contributed by atoms with Gasteiger partial charge in [-0.15, -0.1) is 0 Å². The maximum Gasteiger partial charge on any atom is 0.161 e. The maximum absolute atomic E-state index is 14.1. The van der Waals surface area contributed by atoms with Crippen LogP contribution in [0.3, 0.4) is 0 Å². The second kappa shape index (κ2) is 10.7. The van der Waals surface area contributed by atoms with Crippen LogP contribution in [-0.2, 0) is 6.54 Å². The van der Waals surface area contributed by atoms with Crippen molar-refractivity contribution in [2.24, 2.45) is 0 Å². The zero-order valence-corrected chi connectivity index (χ0v) is 21.5. The molecular formula is C27H27ClFN5O3. The van der Waals surface area contributed by atoms with Crippen molar-refractivity contribution in [3.05, 3.63) is 71.3 Å². The number of ether oxygens (including phenoxy) is 3. The van der Waals surface area contributed by atoms with Crippen LogP contribution in [0, 0.1) is 5.82 Å². The van der Waals surface area contributed by atoms with E-state index in [4.69, 9.17) is 25.8 Å². The Morgan fingerprint density at radius 3 is 2.43 bits per heavy atom. The van der Waals surface area contributed by atoms with Crippen LogP contribution in [0.2, 0.25) is 5.02 Å². The van der Waals surface area contributed by atoms with E-state index in [9.17, 15) is 4.39 Å². The molecule has 1 fully saturated rings. The molecule has 2 N–H and O–H groups in total. The van der Waals surface area contributed by atoms with Gasteiger partial charge in [0.2, 0.25) is 0 Å². The molecule has 37 heavy (non-hydrogen) atoms. The van der Waals surface area contributed by atoms with Gasteiger partial charge >= 0.3 is 0 Å². The molecule has 0 atom stereocenters. The van der Waals surface area contributed by atoms with Crippen molar-refractivity contribution in [2.45, 2.75) is 12.6 Å². The molecule has 4 aromatic rings. The fraction of sp³-hybridized carbons (Fsp3) is 0.259. The fourth-order valence-electron chi connectivity index (χ4n) is 4.28. The molecule has 0 aliphatic carbocycles. The van der Waals surface area contributed by atoms with Gasteiger partial charge in [-0.05, 0) is 42.0 Å². The van der Waals surface area contributed by atoms with E-state index in [1.54, 1.807) is 33.5 Å². The molecule has 0 bridgehead atoms. The second-order valence-corrected chi connectivity index (χ2v) is 9.05. The van der Waals surface area contributed by atoms with Crippen molar-refractivity contribution in [1.29, 1.82) is 0 Å². The smallest absolute Gasteiger partial charge is 0.161 e. The Hall–Kier alpha value is -3.82. The average Bonchev–Trinajstić information content (AvgIpc) is 2.90. The zero-order valence-electron chi connectivity index (χ0n) is 20.7. The highest BCUT2D eigenvalue weighted by atomic mass is 35.5. The van der Waals surface area contributed by atoms with Gasteiger partial charge in [0.05, 0.1) is 43.6 Å². The van der Waals surface area contributed by atoms with E-state index < -0.39 is 5.82 Å². The van der Waals surface area contributed by atoms with E-state index in [-0.39, 0.29) is 5.02 Å². The summed E-state index contributed by atoms with van der Waals surface area (Å²) in [6.07, 6.45) is 1.51. The predicted octanol–water partition coefficient (Wildman–Crippen LogP) is 5.17. The molecule has 8 nitrogen and oxygen atoms in total. The second-order valence-electron chi connectivity index (χ2n) is 8.64. The van der Waals surface area contributed by atoms with E-state index in [0.717, 1.165) is 29.7 Å². The number of hydrogen-bond acceptors (Lipinski definition) is 8. The van der Waals surface area contributed by atoms with Crippen molar-refractivity contribution in [3.63, 3.8) is 0 Å². The van der Waals surface area contributed by atoms with Crippen molar-refractivity contribution >= 4 is 39.7 Å². The third kappa shape index (κ3) is 5.05. The number of halogens is 2. The SMILES string of the molecule is COc1cc2ncnc(N(Cc3ccc(OC)c(OC)c3)c3ccc(F)c(Cl)c3)c2cc1NC1CNC1. The Kier molecular flexibility index (Phi) is 7.16.